The number of hydrogen-bond donors (Lipinski definition) is 0. The molecule has 1 unspecified atom stereocenters. The number of alkyl halides is 1. The summed E-state index contributed by atoms with van der Waals surface area (Å²) >= 11 is 0. The van der Waals surface area contributed by atoms with E-state index in [4.69, 9.17) is 0 Å². The first kappa shape index (κ1) is 10.6. The first-order valence-corrected chi connectivity index (χ1v) is 5.49. The Morgan fingerprint density at radius 3 is 2.67 bits per heavy atom. The summed E-state index contributed by atoms with van der Waals surface area (Å²) in [6, 6.07) is 2.12. The molecular formula is C13H18FN. The lowest BCUT2D eigenvalue weighted by molar-refractivity contribution is 0.188. The SMILES string of the molecule is CC(C)(C)c1cnc2c(c1)CCC2(C)F. The van der Waals surface area contributed by atoms with Crippen LogP contribution in [0.2, 0.25) is 0 Å². The van der Waals surface area contributed by atoms with Crippen LogP contribution in [0.25, 0.3) is 0 Å². The normalized spacial score (nSPS) is 25.4. The summed E-state index contributed by atoms with van der Waals surface area (Å²) in [7, 11) is 0. The van der Waals surface area contributed by atoms with Gasteiger partial charge in [-0.1, -0.05) is 26.8 Å². The first-order valence-electron chi connectivity index (χ1n) is 5.49. The van der Waals surface area contributed by atoms with Crippen molar-refractivity contribution in [2.24, 2.45) is 0 Å². The van der Waals surface area contributed by atoms with Crippen molar-refractivity contribution in [2.45, 2.75) is 51.6 Å². The number of pyridine rings is 1. The van der Waals surface area contributed by atoms with Crippen LogP contribution in [0.3, 0.4) is 0 Å². The number of nitrogens with zero attached hydrogens (tertiary/aromatic N) is 1. The second kappa shape index (κ2) is 3.03. The Kier molecular flexibility index (Phi) is 2.14. The molecular weight excluding hydrogens is 189 g/mol. The molecule has 0 radical (unpaired) electrons. The molecule has 15 heavy (non-hydrogen) atoms. The topological polar surface area (TPSA) is 12.9 Å². The molecule has 1 heterocycles. The standard InChI is InChI=1S/C13H18FN/c1-12(2,3)10-7-9-5-6-13(4,14)11(9)15-8-10/h7-8H,5-6H2,1-4H3. The number of halogens is 1. The van der Waals surface area contributed by atoms with Crippen LogP contribution in [0, 0.1) is 0 Å². The summed E-state index contributed by atoms with van der Waals surface area (Å²) in [5, 5.41) is 0. The summed E-state index contributed by atoms with van der Waals surface area (Å²) in [4.78, 5) is 4.30. The predicted octanol–water partition coefficient (Wildman–Crippen LogP) is 3.51. The molecule has 0 N–H and O–H groups in total. The highest BCUT2D eigenvalue weighted by molar-refractivity contribution is 5.35. The van der Waals surface area contributed by atoms with E-state index in [9.17, 15) is 4.39 Å². The predicted molar refractivity (Wildman–Crippen MR) is 59.7 cm³/mol. The molecule has 2 heteroatoms. The summed E-state index contributed by atoms with van der Waals surface area (Å²) in [5.74, 6) is 0. The third-order valence-electron chi connectivity index (χ3n) is 3.19. The summed E-state index contributed by atoms with van der Waals surface area (Å²) in [6.07, 6.45) is 3.21. The Labute approximate surface area is 90.7 Å². The van der Waals surface area contributed by atoms with E-state index >= 15 is 0 Å². The van der Waals surface area contributed by atoms with Crippen molar-refractivity contribution in [1.29, 1.82) is 0 Å². The van der Waals surface area contributed by atoms with Crippen molar-refractivity contribution in [2.75, 3.05) is 0 Å². The molecule has 1 aromatic rings. The van der Waals surface area contributed by atoms with Gasteiger partial charge in [-0.3, -0.25) is 4.98 Å². The zero-order valence-corrected chi connectivity index (χ0v) is 9.89. The van der Waals surface area contributed by atoms with Gasteiger partial charge in [-0.05, 0) is 36.3 Å². The van der Waals surface area contributed by atoms with Crippen LogP contribution in [0.4, 0.5) is 4.39 Å². The molecule has 0 aromatic carbocycles. The smallest absolute Gasteiger partial charge is 0.150 e. The first-order chi connectivity index (χ1) is 6.81. The second-order valence-corrected chi connectivity index (χ2v) is 5.68. The van der Waals surface area contributed by atoms with E-state index in [0.29, 0.717) is 12.1 Å². The molecule has 0 fully saturated rings. The quantitative estimate of drug-likeness (QED) is 0.634. The maximum Gasteiger partial charge on any atom is 0.150 e. The van der Waals surface area contributed by atoms with Crippen molar-refractivity contribution in [1.82, 2.24) is 4.98 Å². The summed E-state index contributed by atoms with van der Waals surface area (Å²) in [5.41, 5.74) is 1.81. The molecule has 1 aliphatic carbocycles. The van der Waals surface area contributed by atoms with Gasteiger partial charge in [0, 0.05) is 6.20 Å². The molecule has 0 saturated carbocycles. The summed E-state index contributed by atoms with van der Waals surface area (Å²) in [6.45, 7) is 8.09. The Morgan fingerprint density at radius 1 is 1.40 bits per heavy atom. The van der Waals surface area contributed by atoms with Gasteiger partial charge in [0.1, 0.15) is 0 Å². The fraction of sp³-hybridized carbons (Fsp3) is 0.615. The molecule has 82 valence electrons. The third kappa shape index (κ3) is 1.77. The Balaban J connectivity index is 2.47. The number of aryl methyl sites for hydroxylation is 1. The third-order valence-corrected chi connectivity index (χ3v) is 3.19. The molecule has 1 aromatic heterocycles. The Bertz CT molecular complexity index is 388. The van der Waals surface area contributed by atoms with Gasteiger partial charge >= 0.3 is 0 Å². The minimum atomic E-state index is -1.22. The summed E-state index contributed by atoms with van der Waals surface area (Å²) < 4.78 is 14.0. The highest BCUT2D eigenvalue weighted by Gasteiger charge is 2.36. The minimum Gasteiger partial charge on any atom is -0.257 e. The van der Waals surface area contributed by atoms with E-state index in [1.54, 1.807) is 6.92 Å². The monoisotopic (exact) mass is 207 g/mol. The van der Waals surface area contributed by atoms with E-state index < -0.39 is 5.67 Å². The average molecular weight is 207 g/mol. The van der Waals surface area contributed by atoms with Gasteiger partial charge in [0.2, 0.25) is 0 Å². The van der Waals surface area contributed by atoms with E-state index in [1.165, 1.54) is 5.56 Å². The van der Waals surface area contributed by atoms with Crippen molar-refractivity contribution in [3.63, 3.8) is 0 Å². The van der Waals surface area contributed by atoms with Gasteiger partial charge in [0.15, 0.2) is 5.67 Å². The molecule has 0 saturated heterocycles. The molecule has 0 aliphatic heterocycles. The maximum absolute atomic E-state index is 14.0. The zero-order valence-electron chi connectivity index (χ0n) is 9.89. The molecule has 0 spiro atoms. The zero-order chi connectivity index (χ0) is 11.3. The lowest BCUT2D eigenvalue weighted by Gasteiger charge is -2.20. The molecule has 0 bridgehead atoms. The number of aromatic nitrogens is 1. The van der Waals surface area contributed by atoms with Gasteiger partial charge < -0.3 is 0 Å². The average Bonchev–Trinajstić information content (AvgIpc) is 2.41. The van der Waals surface area contributed by atoms with Crippen LogP contribution in [0.15, 0.2) is 12.3 Å². The van der Waals surface area contributed by atoms with Crippen LogP contribution < -0.4 is 0 Å². The van der Waals surface area contributed by atoms with Gasteiger partial charge in [-0.25, -0.2) is 4.39 Å². The van der Waals surface area contributed by atoms with Crippen LogP contribution in [-0.2, 0) is 17.5 Å². The van der Waals surface area contributed by atoms with E-state index in [-0.39, 0.29) is 5.41 Å². The van der Waals surface area contributed by atoms with Gasteiger partial charge in [0.25, 0.3) is 0 Å². The fourth-order valence-corrected chi connectivity index (χ4v) is 2.07. The largest absolute Gasteiger partial charge is 0.257 e. The van der Waals surface area contributed by atoms with Crippen molar-refractivity contribution < 1.29 is 4.39 Å². The highest BCUT2D eigenvalue weighted by Crippen LogP contribution is 2.39. The van der Waals surface area contributed by atoms with E-state index in [2.05, 4.69) is 31.8 Å². The number of rotatable bonds is 0. The van der Waals surface area contributed by atoms with Crippen molar-refractivity contribution in [3.05, 3.63) is 29.1 Å². The molecule has 1 nitrogen and oxygen atoms in total. The van der Waals surface area contributed by atoms with Crippen molar-refractivity contribution >= 4 is 0 Å². The minimum absolute atomic E-state index is 0.0946. The molecule has 2 rings (SSSR count). The van der Waals surface area contributed by atoms with Crippen LogP contribution >= 0.6 is 0 Å². The second-order valence-electron chi connectivity index (χ2n) is 5.68. The van der Waals surface area contributed by atoms with Crippen molar-refractivity contribution in [3.8, 4) is 0 Å². The Hall–Kier alpha value is -0.920. The molecule has 1 aliphatic rings. The van der Waals surface area contributed by atoms with E-state index in [0.717, 1.165) is 12.0 Å². The highest BCUT2D eigenvalue weighted by atomic mass is 19.1. The van der Waals surface area contributed by atoms with Crippen LogP contribution in [0.5, 0.6) is 0 Å². The molecule has 1 atom stereocenters. The van der Waals surface area contributed by atoms with Crippen LogP contribution in [-0.4, -0.2) is 4.98 Å². The lowest BCUT2D eigenvalue weighted by Crippen LogP contribution is -2.15. The maximum atomic E-state index is 14.0. The van der Waals surface area contributed by atoms with Gasteiger partial charge in [-0.2, -0.15) is 0 Å². The fourth-order valence-electron chi connectivity index (χ4n) is 2.07. The van der Waals surface area contributed by atoms with Crippen LogP contribution in [0.1, 0.15) is 50.9 Å². The van der Waals surface area contributed by atoms with Gasteiger partial charge in [-0.15, -0.1) is 0 Å². The number of hydrogen-bond acceptors (Lipinski definition) is 1. The number of fused-ring (bicyclic) bond motifs is 1. The molecule has 0 amide bonds. The Morgan fingerprint density at radius 2 is 2.07 bits per heavy atom. The van der Waals surface area contributed by atoms with E-state index in [1.807, 2.05) is 6.20 Å². The van der Waals surface area contributed by atoms with Gasteiger partial charge in [0.05, 0.1) is 5.69 Å². The lowest BCUT2D eigenvalue weighted by atomic mass is 9.87.